The Bertz CT molecular complexity index is 470. The Morgan fingerprint density at radius 3 is 2.68 bits per heavy atom. The van der Waals surface area contributed by atoms with E-state index in [-0.39, 0.29) is 0 Å². The first-order chi connectivity index (χ1) is 8.99. The Hall–Kier alpha value is -0.890. The highest BCUT2D eigenvalue weighted by Crippen LogP contribution is 2.40. The van der Waals surface area contributed by atoms with E-state index in [1.165, 1.54) is 0 Å². The second-order valence-corrected chi connectivity index (χ2v) is 6.34. The highest BCUT2D eigenvalue weighted by molar-refractivity contribution is 9.10. The molecule has 2 atom stereocenters. The van der Waals surface area contributed by atoms with Gasteiger partial charge in [0, 0.05) is 17.5 Å². The fourth-order valence-corrected chi connectivity index (χ4v) is 2.86. The Kier molecular flexibility index (Phi) is 4.29. The van der Waals surface area contributed by atoms with Crippen LogP contribution in [0.5, 0.6) is 0 Å². The van der Waals surface area contributed by atoms with Crippen molar-refractivity contribution in [3.8, 4) is 6.07 Å². The number of rotatable bonds is 3. The van der Waals surface area contributed by atoms with Gasteiger partial charge >= 0.3 is 0 Å². The minimum Gasteiger partial charge on any atom is -0.388 e. The highest BCUT2D eigenvalue weighted by atomic mass is 79.9. The van der Waals surface area contributed by atoms with Crippen LogP contribution in [0.25, 0.3) is 0 Å². The maximum atomic E-state index is 10.8. The van der Waals surface area contributed by atoms with Gasteiger partial charge < -0.3 is 9.84 Å². The van der Waals surface area contributed by atoms with Gasteiger partial charge in [-0.15, -0.1) is 0 Å². The van der Waals surface area contributed by atoms with E-state index >= 15 is 0 Å². The molecule has 2 unspecified atom stereocenters. The molecule has 1 fully saturated rings. The second kappa shape index (κ2) is 5.62. The standard InChI is InChI=1S/C15H18BrNO2/c1-14(18,9-12-3-5-13(16)6-4-12)15(10-17)7-2-8-19-11-15/h3-6,18H,2,7-9,11H2,1H3. The summed E-state index contributed by atoms with van der Waals surface area (Å²) in [7, 11) is 0. The molecule has 0 bridgehead atoms. The first-order valence-electron chi connectivity index (χ1n) is 6.45. The number of hydrogen-bond acceptors (Lipinski definition) is 3. The first-order valence-corrected chi connectivity index (χ1v) is 7.24. The topological polar surface area (TPSA) is 53.2 Å². The van der Waals surface area contributed by atoms with Crippen molar-refractivity contribution in [2.75, 3.05) is 13.2 Å². The Morgan fingerprint density at radius 1 is 1.47 bits per heavy atom. The van der Waals surface area contributed by atoms with Gasteiger partial charge in [0.2, 0.25) is 0 Å². The fraction of sp³-hybridized carbons (Fsp3) is 0.533. The van der Waals surface area contributed by atoms with Crippen LogP contribution in [0.15, 0.2) is 28.7 Å². The lowest BCUT2D eigenvalue weighted by molar-refractivity contribution is -0.107. The van der Waals surface area contributed by atoms with Crippen LogP contribution in [-0.4, -0.2) is 23.9 Å². The third-order valence-corrected chi connectivity index (χ3v) is 4.48. The summed E-state index contributed by atoms with van der Waals surface area (Å²) in [5.41, 5.74) is -0.873. The van der Waals surface area contributed by atoms with E-state index in [9.17, 15) is 10.4 Å². The fourth-order valence-electron chi connectivity index (χ4n) is 2.60. The van der Waals surface area contributed by atoms with E-state index in [1.54, 1.807) is 6.92 Å². The van der Waals surface area contributed by atoms with Gasteiger partial charge in [-0.3, -0.25) is 0 Å². The molecule has 0 radical (unpaired) electrons. The molecule has 1 aromatic rings. The largest absolute Gasteiger partial charge is 0.388 e. The summed E-state index contributed by atoms with van der Waals surface area (Å²) in [6.07, 6.45) is 1.97. The molecule has 3 nitrogen and oxygen atoms in total. The van der Waals surface area contributed by atoms with Crippen LogP contribution >= 0.6 is 15.9 Å². The van der Waals surface area contributed by atoms with E-state index in [0.29, 0.717) is 26.1 Å². The van der Waals surface area contributed by atoms with Crippen LogP contribution in [0.4, 0.5) is 0 Å². The van der Waals surface area contributed by atoms with Crippen LogP contribution in [0.2, 0.25) is 0 Å². The maximum Gasteiger partial charge on any atom is 0.109 e. The van der Waals surface area contributed by atoms with E-state index in [0.717, 1.165) is 16.5 Å². The summed E-state index contributed by atoms with van der Waals surface area (Å²) < 4.78 is 6.44. The highest BCUT2D eigenvalue weighted by Gasteiger charge is 2.48. The molecule has 2 rings (SSSR count). The second-order valence-electron chi connectivity index (χ2n) is 5.43. The molecule has 0 aromatic heterocycles. The molecular weight excluding hydrogens is 306 g/mol. The molecule has 0 saturated carbocycles. The molecule has 1 aliphatic rings. The molecular formula is C15H18BrNO2. The molecule has 102 valence electrons. The Balaban J connectivity index is 2.20. The van der Waals surface area contributed by atoms with Crippen molar-refractivity contribution in [2.24, 2.45) is 5.41 Å². The van der Waals surface area contributed by atoms with Crippen molar-refractivity contribution in [3.05, 3.63) is 34.3 Å². The summed E-state index contributed by atoms with van der Waals surface area (Å²) >= 11 is 3.39. The summed E-state index contributed by atoms with van der Waals surface area (Å²) in [6, 6.07) is 10.1. The van der Waals surface area contributed by atoms with Gasteiger partial charge in [-0.2, -0.15) is 5.26 Å². The quantitative estimate of drug-likeness (QED) is 0.930. The molecule has 1 saturated heterocycles. The predicted octanol–water partition coefficient (Wildman–Crippen LogP) is 3.06. The smallest absolute Gasteiger partial charge is 0.109 e. The molecule has 4 heteroatoms. The van der Waals surface area contributed by atoms with Gasteiger partial charge in [0.1, 0.15) is 5.41 Å². The minimum absolute atomic E-state index is 0.313. The van der Waals surface area contributed by atoms with Crippen LogP contribution in [0, 0.1) is 16.7 Å². The van der Waals surface area contributed by atoms with Gasteiger partial charge in [-0.05, 0) is 37.5 Å². The average molecular weight is 324 g/mol. The summed E-state index contributed by atoms with van der Waals surface area (Å²) in [6.45, 7) is 2.73. The zero-order valence-corrected chi connectivity index (χ0v) is 12.6. The van der Waals surface area contributed by atoms with Crippen molar-refractivity contribution < 1.29 is 9.84 Å². The van der Waals surface area contributed by atoms with E-state index in [1.807, 2.05) is 24.3 Å². The van der Waals surface area contributed by atoms with Gasteiger partial charge in [0.05, 0.1) is 18.3 Å². The average Bonchev–Trinajstić information content (AvgIpc) is 2.42. The third-order valence-electron chi connectivity index (χ3n) is 3.95. The lowest BCUT2D eigenvalue weighted by Crippen LogP contribution is -2.51. The summed E-state index contributed by atoms with van der Waals surface area (Å²) in [5, 5.41) is 20.3. The van der Waals surface area contributed by atoms with Crippen molar-refractivity contribution in [2.45, 2.75) is 31.8 Å². The first kappa shape index (κ1) is 14.5. The number of benzene rings is 1. The molecule has 1 aromatic carbocycles. The van der Waals surface area contributed by atoms with Crippen LogP contribution in [0.1, 0.15) is 25.3 Å². The van der Waals surface area contributed by atoms with Crippen LogP contribution in [0.3, 0.4) is 0 Å². The van der Waals surface area contributed by atoms with E-state index < -0.39 is 11.0 Å². The minimum atomic E-state index is -1.09. The summed E-state index contributed by atoms with van der Waals surface area (Å²) in [4.78, 5) is 0. The van der Waals surface area contributed by atoms with Gasteiger partial charge in [-0.25, -0.2) is 0 Å². The molecule has 19 heavy (non-hydrogen) atoms. The molecule has 1 heterocycles. The van der Waals surface area contributed by atoms with Crippen LogP contribution in [-0.2, 0) is 11.2 Å². The van der Waals surface area contributed by atoms with Crippen molar-refractivity contribution in [3.63, 3.8) is 0 Å². The lowest BCUT2D eigenvalue weighted by Gasteiger charge is -2.42. The molecule has 1 aliphatic heterocycles. The SMILES string of the molecule is CC(O)(Cc1ccc(Br)cc1)C1(C#N)CCCOC1. The number of nitriles is 1. The number of hydrogen-bond donors (Lipinski definition) is 1. The molecule has 0 aliphatic carbocycles. The van der Waals surface area contributed by atoms with Crippen molar-refractivity contribution in [1.29, 1.82) is 5.26 Å². The van der Waals surface area contributed by atoms with E-state index in [2.05, 4.69) is 22.0 Å². The number of nitrogens with zero attached hydrogens (tertiary/aromatic N) is 1. The number of ether oxygens (including phenoxy) is 1. The summed E-state index contributed by atoms with van der Waals surface area (Å²) in [5.74, 6) is 0. The lowest BCUT2D eigenvalue weighted by atomic mass is 9.68. The maximum absolute atomic E-state index is 10.8. The molecule has 0 amide bonds. The normalized spacial score (nSPS) is 26.4. The third kappa shape index (κ3) is 3.00. The van der Waals surface area contributed by atoms with Crippen LogP contribution < -0.4 is 0 Å². The van der Waals surface area contributed by atoms with E-state index in [4.69, 9.17) is 4.74 Å². The molecule has 0 spiro atoms. The predicted molar refractivity (Wildman–Crippen MR) is 76.6 cm³/mol. The number of halogens is 1. The van der Waals surface area contributed by atoms with Gasteiger partial charge in [0.15, 0.2) is 0 Å². The number of aliphatic hydroxyl groups is 1. The zero-order valence-electron chi connectivity index (χ0n) is 11.0. The monoisotopic (exact) mass is 323 g/mol. The Labute approximate surface area is 122 Å². The zero-order chi connectivity index (χ0) is 13.9. The van der Waals surface area contributed by atoms with Gasteiger partial charge in [0.25, 0.3) is 0 Å². The van der Waals surface area contributed by atoms with Gasteiger partial charge in [-0.1, -0.05) is 28.1 Å². The Morgan fingerprint density at radius 2 is 2.16 bits per heavy atom. The van der Waals surface area contributed by atoms with Crippen molar-refractivity contribution in [1.82, 2.24) is 0 Å². The molecule has 1 N–H and O–H groups in total. The van der Waals surface area contributed by atoms with Crippen molar-refractivity contribution >= 4 is 15.9 Å².